The molecule has 2 saturated heterocycles. The van der Waals surface area contributed by atoms with E-state index < -0.39 is 0 Å². The number of hydrogen-bond donors (Lipinski definition) is 1. The molecule has 0 atom stereocenters. The van der Waals surface area contributed by atoms with Crippen LogP contribution >= 0.6 is 0 Å². The zero-order valence-corrected chi connectivity index (χ0v) is 16.2. The van der Waals surface area contributed by atoms with E-state index in [2.05, 4.69) is 10.2 Å². The normalized spacial score (nSPS) is 17.7. The number of nitrogens with zero attached hydrogens (tertiary/aromatic N) is 2. The summed E-state index contributed by atoms with van der Waals surface area (Å²) in [4.78, 5) is 28.6. The average molecular weight is 377 g/mol. The smallest absolute Gasteiger partial charge is 0.255 e. The van der Waals surface area contributed by atoms with Crippen molar-refractivity contribution in [2.45, 2.75) is 38.6 Å². The Morgan fingerprint density at radius 2 is 1.57 bits per heavy atom. The molecule has 28 heavy (non-hydrogen) atoms. The van der Waals surface area contributed by atoms with Gasteiger partial charge in [-0.05, 0) is 74.3 Å². The van der Waals surface area contributed by atoms with Crippen LogP contribution in [0.15, 0.2) is 48.5 Å². The van der Waals surface area contributed by atoms with Gasteiger partial charge in [-0.1, -0.05) is 18.6 Å². The average Bonchev–Trinajstić information content (AvgIpc) is 3.16. The van der Waals surface area contributed by atoms with Gasteiger partial charge in [0.1, 0.15) is 0 Å². The molecule has 2 aromatic carbocycles. The fraction of sp³-hybridized carbons (Fsp3) is 0.391. The summed E-state index contributed by atoms with van der Waals surface area (Å²) in [5.41, 5.74) is 3.53. The predicted octanol–water partition coefficient (Wildman–Crippen LogP) is 4.05. The molecule has 0 saturated carbocycles. The van der Waals surface area contributed by atoms with Crippen LogP contribution in [0, 0.1) is 0 Å². The summed E-state index contributed by atoms with van der Waals surface area (Å²) < 4.78 is 0. The van der Waals surface area contributed by atoms with E-state index >= 15 is 0 Å². The van der Waals surface area contributed by atoms with Gasteiger partial charge < -0.3 is 10.2 Å². The molecule has 2 aromatic rings. The van der Waals surface area contributed by atoms with Crippen LogP contribution in [0.25, 0.3) is 0 Å². The van der Waals surface area contributed by atoms with Crippen molar-refractivity contribution in [3.63, 3.8) is 0 Å². The van der Waals surface area contributed by atoms with Crippen LogP contribution < -0.4 is 10.2 Å². The Morgan fingerprint density at radius 3 is 2.21 bits per heavy atom. The number of amides is 2. The molecule has 2 fully saturated rings. The third kappa shape index (κ3) is 4.42. The minimum atomic E-state index is -0.116. The second kappa shape index (κ2) is 8.57. The van der Waals surface area contributed by atoms with Gasteiger partial charge in [0, 0.05) is 36.4 Å². The number of anilines is 2. The third-order valence-corrected chi connectivity index (χ3v) is 5.58. The Kier molecular flexibility index (Phi) is 5.72. The Labute approximate surface area is 166 Å². The summed E-state index contributed by atoms with van der Waals surface area (Å²) >= 11 is 0. The van der Waals surface area contributed by atoms with E-state index in [1.54, 1.807) is 4.90 Å². The quantitative estimate of drug-likeness (QED) is 0.855. The summed E-state index contributed by atoms with van der Waals surface area (Å²) in [7, 11) is 0. The highest BCUT2D eigenvalue weighted by Gasteiger charge is 2.21. The van der Waals surface area contributed by atoms with Crippen molar-refractivity contribution >= 4 is 23.2 Å². The molecule has 0 spiro atoms. The maximum absolute atomic E-state index is 12.5. The van der Waals surface area contributed by atoms with Crippen molar-refractivity contribution in [2.75, 3.05) is 29.9 Å². The first-order valence-corrected chi connectivity index (χ1v) is 10.2. The first-order chi connectivity index (χ1) is 13.7. The van der Waals surface area contributed by atoms with Crippen LogP contribution in [-0.4, -0.2) is 36.3 Å². The molecule has 0 radical (unpaired) electrons. The van der Waals surface area contributed by atoms with E-state index in [1.165, 1.54) is 37.9 Å². The van der Waals surface area contributed by atoms with Gasteiger partial charge in [-0.2, -0.15) is 0 Å². The summed E-state index contributed by atoms with van der Waals surface area (Å²) in [6.07, 6.45) is 5.43. The maximum Gasteiger partial charge on any atom is 0.255 e. The summed E-state index contributed by atoms with van der Waals surface area (Å²) in [5, 5.41) is 2.94. The lowest BCUT2D eigenvalue weighted by Gasteiger charge is -2.26. The van der Waals surface area contributed by atoms with Gasteiger partial charge in [0.2, 0.25) is 5.91 Å². The second-order valence-electron chi connectivity index (χ2n) is 7.68. The van der Waals surface area contributed by atoms with Crippen molar-refractivity contribution in [3.8, 4) is 0 Å². The molecule has 0 aromatic heterocycles. The number of rotatable bonds is 5. The van der Waals surface area contributed by atoms with E-state index in [4.69, 9.17) is 0 Å². The molecule has 5 heteroatoms. The van der Waals surface area contributed by atoms with Crippen molar-refractivity contribution in [2.24, 2.45) is 0 Å². The lowest BCUT2D eigenvalue weighted by molar-refractivity contribution is -0.117. The van der Waals surface area contributed by atoms with Gasteiger partial charge in [-0.15, -0.1) is 0 Å². The first kappa shape index (κ1) is 18.7. The lowest BCUT2D eigenvalue weighted by Crippen LogP contribution is -2.29. The van der Waals surface area contributed by atoms with Crippen LogP contribution in [0.2, 0.25) is 0 Å². The Balaban J connectivity index is 1.34. The molecule has 0 aliphatic carbocycles. The molecule has 2 aliphatic rings. The van der Waals surface area contributed by atoms with Gasteiger partial charge in [0.05, 0.1) is 0 Å². The van der Waals surface area contributed by atoms with E-state index in [1.807, 2.05) is 48.5 Å². The van der Waals surface area contributed by atoms with Crippen LogP contribution in [0.3, 0.4) is 0 Å². The third-order valence-electron chi connectivity index (χ3n) is 5.58. The number of carbonyl (C=O) groups is 2. The topological polar surface area (TPSA) is 52.7 Å². The number of benzene rings is 2. The molecule has 4 rings (SSSR count). The molecular weight excluding hydrogens is 350 g/mol. The minimum absolute atomic E-state index is 0.116. The van der Waals surface area contributed by atoms with Gasteiger partial charge >= 0.3 is 0 Å². The zero-order chi connectivity index (χ0) is 19.3. The molecule has 1 N–H and O–H groups in total. The Bertz CT molecular complexity index is 824. The zero-order valence-electron chi connectivity index (χ0n) is 16.2. The van der Waals surface area contributed by atoms with E-state index in [-0.39, 0.29) is 11.8 Å². The highest BCUT2D eigenvalue weighted by atomic mass is 16.2. The largest absolute Gasteiger partial charge is 0.322 e. The van der Waals surface area contributed by atoms with Crippen molar-refractivity contribution < 1.29 is 9.59 Å². The molecular formula is C23H27N3O2. The highest BCUT2D eigenvalue weighted by molar-refractivity contribution is 6.04. The van der Waals surface area contributed by atoms with Crippen LogP contribution in [0.5, 0.6) is 0 Å². The number of piperidine rings is 1. The van der Waals surface area contributed by atoms with Crippen molar-refractivity contribution in [1.29, 1.82) is 0 Å². The van der Waals surface area contributed by atoms with E-state index in [0.29, 0.717) is 12.0 Å². The minimum Gasteiger partial charge on any atom is -0.322 e. The van der Waals surface area contributed by atoms with Crippen molar-refractivity contribution in [1.82, 2.24) is 4.90 Å². The molecule has 2 amide bonds. The predicted molar refractivity (Wildman–Crippen MR) is 112 cm³/mol. The maximum atomic E-state index is 12.5. The Hall–Kier alpha value is -2.66. The fourth-order valence-electron chi connectivity index (χ4n) is 3.99. The standard InChI is InChI=1S/C23H27N3O2/c27-22-5-4-16-26(22)21-12-10-20(11-13-21)24-23(28)19-8-6-18(7-9-19)17-25-14-2-1-3-15-25/h6-13H,1-5,14-17H2,(H,24,28). The van der Waals surface area contributed by atoms with Crippen LogP contribution in [0.4, 0.5) is 11.4 Å². The first-order valence-electron chi connectivity index (χ1n) is 10.2. The number of nitrogens with one attached hydrogen (secondary N) is 1. The summed E-state index contributed by atoms with van der Waals surface area (Å²) in [6, 6.07) is 15.4. The number of carbonyl (C=O) groups excluding carboxylic acids is 2. The lowest BCUT2D eigenvalue weighted by atomic mass is 10.1. The molecule has 146 valence electrons. The van der Waals surface area contributed by atoms with Gasteiger partial charge in [-0.3, -0.25) is 14.5 Å². The summed E-state index contributed by atoms with van der Waals surface area (Å²) in [6.45, 7) is 4.06. The molecule has 2 heterocycles. The second-order valence-corrected chi connectivity index (χ2v) is 7.68. The monoisotopic (exact) mass is 377 g/mol. The molecule has 0 unspecified atom stereocenters. The number of hydrogen-bond acceptors (Lipinski definition) is 3. The van der Waals surface area contributed by atoms with E-state index in [9.17, 15) is 9.59 Å². The fourth-order valence-corrected chi connectivity index (χ4v) is 3.99. The van der Waals surface area contributed by atoms with Gasteiger partial charge in [0.15, 0.2) is 0 Å². The van der Waals surface area contributed by atoms with Crippen molar-refractivity contribution in [3.05, 3.63) is 59.7 Å². The van der Waals surface area contributed by atoms with Gasteiger partial charge in [-0.25, -0.2) is 0 Å². The molecule has 5 nitrogen and oxygen atoms in total. The number of likely N-dealkylation sites (tertiary alicyclic amines) is 1. The van der Waals surface area contributed by atoms with E-state index in [0.717, 1.165) is 30.9 Å². The van der Waals surface area contributed by atoms with Gasteiger partial charge in [0.25, 0.3) is 5.91 Å². The summed E-state index contributed by atoms with van der Waals surface area (Å²) in [5.74, 6) is 0.0518. The SMILES string of the molecule is O=C(Nc1ccc(N2CCCC2=O)cc1)c1ccc(CN2CCCCC2)cc1. The van der Waals surface area contributed by atoms with Crippen LogP contribution in [0.1, 0.15) is 48.0 Å². The molecule has 0 bridgehead atoms. The van der Waals surface area contributed by atoms with Crippen LogP contribution in [-0.2, 0) is 11.3 Å². The Morgan fingerprint density at radius 1 is 0.857 bits per heavy atom. The highest BCUT2D eigenvalue weighted by Crippen LogP contribution is 2.23. The molecule has 2 aliphatic heterocycles.